The molecule has 2 N–H and O–H groups in total. The van der Waals surface area contributed by atoms with Crippen molar-refractivity contribution in [2.24, 2.45) is 0 Å². The normalized spacial score (nSPS) is 12.6. The number of benzene rings is 1. The van der Waals surface area contributed by atoms with E-state index in [1.165, 1.54) is 18.5 Å². The zero-order valence-corrected chi connectivity index (χ0v) is 9.71. The standard InChI is InChI=1S/C12H14FN3O2/c13-10-3-1-2-9(6-10)11(17)7-14-5-4-12-15-8-16-18-12/h1-3,6,8,11,14,17H,4-5,7H2. The van der Waals surface area contributed by atoms with Crippen LogP contribution in [0.2, 0.25) is 0 Å². The minimum absolute atomic E-state index is 0.345. The van der Waals surface area contributed by atoms with Gasteiger partial charge in [0.25, 0.3) is 0 Å². The Labute approximate surface area is 104 Å². The van der Waals surface area contributed by atoms with Crippen molar-refractivity contribution in [2.75, 3.05) is 13.1 Å². The van der Waals surface area contributed by atoms with Crippen molar-refractivity contribution in [3.05, 3.63) is 47.9 Å². The molecule has 0 amide bonds. The van der Waals surface area contributed by atoms with Gasteiger partial charge in [0.2, 0.25) is 5.89 Å². The maximum Gasteiger partial charge on any atom is 0.227 e. The maximum absolute atomic E-state index is 12.9. The number of rotatable bonds is 6. The molecule has 0 fully saturated rings. The molecule has 0 radical (unpaired) electrons. The molecule has 0 aliphatic rings. The highest BCUT2D eigenvalue weighted by molar-refractivity contribution is 5.18. The number of nitrogens with one attached hydrogen (secondary N) is 1. The third-order valence-corrected chi connectivity index (χ3v) is 2.49. The minimum atomic E-state index is -0.733. The van der Waals surface area contributed by atoms with Gasteiger partial charge >= 0.3 is 0 Å². The first kappa shape index (κ1) is 12.7. The molecule has 1 aromatic heterocycles. The molecule has 96 valence electrons. The smallest absolute Gasteiger partial charge is 0.227 e. The summed E-state index contributed by atoms with van der Waals surface area (Å²) >= 11 is 0. The van der Waals surface area contributed by atoms with Crippen LogP contribution >= 0.6 is 0 Å². The highest BCUT2D eigenvalue weighted by Crippen LogP contribution is 2.12. The van der Waals surface area contributed by atoms with E-state index in [1.807, 2.05) is 0 Å². The van der Waals surface area contributed by atoms with Gasteiger partial charge in [-0.25, -0.2) is 4.39 Å². The van der Waals surface area contributed by atoms with Crippen molar-refractivity contribution < 1.29 is 14.0 Å². The predicted octanol–water partition coefficient (Wildman–Crippen LogP) is 1.07. The highest BCUT2D eigenvalue weighted by Gasteiger charge is 2.07. The fourth-order valence-corrected chi connectivity index (χ4v) is 1.57. The summed E-state index contributed by atoms with van der Waals surface area (Å²) in [5.74, 6) is 0.195. The van der Waals surface area contributed by atoms with Gasteiger partial charge in [0, 0.05) is 19.5 Å². The van der Waals surface area contributed by atoms with Crippen molar-refractivity contribution in [3.63, 3.8) is 0 Å². The third-order valence-electron chi connectivity index (χ3n) is 2.49. The number of halogens is 1. The van der Waals surface area contributed by atoms with E-state index in [0.717, 1.165) is 0 Å². The van der Waals surface area contributed by atoms with Gasteiger partial charge in [-0.1, -0.05) is 17.3 Å². The minimum Gasteiger partial charge on any atom is -0.387 e. The summed E-state index contributed by atoms with van der Waals surface area (Å²) in [5.41, 5.74) is 0.556. The van der Waals surface area contributed by atoms with Crippen molar-refractivity contribution in [2.45, 2.75) is 12.5 Å². The zero-order valence-electron chi connectivity index (χ0n) is 9.71. The van der Waals surface area contributed by atoms with E-state index >= 15 is 0 Å². The van der Waals surface area contributed by atoms with Crippen LogP contribution in [0.1, 0.15) is 17.6 Å². The van der Waals surface area contributed by atoms with Gasteiger partial charge in [-0.2, -0.15) is 4.98 Å². The Morgan fingerprint density at radius 2 is 2.33 bits per heavy atom. The molecule has 18 heavy (non-hydrogen) atoms. The lowest BCUT2D eigenvalue weighted by atomic mass is 10.1. The van der Waals surface area contributed by atoms with Crippen LogP contribution < -0.4 is 5.32 Å². The number of nitrogens with zero attached hydrogens (tertiary/aromatic N) is 2. The van der Waals surface area contributed by atoms with Crippen molar-refractivity contribution in [3.8, 4) is 0 Å². The number of aliphatic hydroxyl groups excluding tert-OH is 1. The average Bonchev–Trinajstić information content (AvgIpc) is 2.87. The molecule has 0 saturated heterocycles. The van der Waals surface area contributed by atoms with Gasteiger partial charge in [-0.15, -0.1) is 0 Å². The summed E-state index contributed by atoms with van der Waals surface area (Å²) in [6.45, 7) is 0.951. The second kappa shape index (κ2) is 6.23. The number of aliphatic hydroxyl groups is 1. The van der Waals surface area contributed by atoms with Crippen molar-refractivity contribution in [1.29, 1.82) is 0 Å². The molecule has 0 aliphatic carbocycles. The number of aromatic nitrogens is 2. The molecule has 1 unspecified atom stereocenters. The van der Waals surface area contributed by atoms with Gasteiger partial charge < -0.3 is 14.9 Å². The quantitative estimate of drug-likeness (QED) is 0.751. The lowest BCUT2D eigenvalue weighted by Gasteiger charge is -2.11. The van der Waals surface area contributed by atoms with Crippen LogP contribution in [0.5, 0.6) is 0 Å². The van der Waals surface area contributed by atoms with E-state index in [-0.39, 0.29) is 5.82 Å². The first-order valence-corrected chi connectivity index (χ1v) is 5.65. The molecular formula is C12H14FN3O2. The van der Waals surface area contributed by atoms with Crippen molar-refractivity contribution >= 4 is 0 Å². The largest absolute Gasteiger partial charge is 0.387 e. The van der Waals surface area contributed by atoms with Gasteiger partial charge in [0.15, 0.2) is 6.33 Å². The monoisotopic (exact) mass is 251 g/mol. The SMILES string of the molecule is OC(CNCCc1ncno1)c1cccc(F)c1. The van der Waals surface area contributed by atoms with E-state index in [2.05, 4.69) is 15.5 Å². The lowest BCUT2D eigenvalue weighted by molar-refractivity contribution is 0.174. The van der Waals surface area contributed by atoms with Gasteiger partial charge in [0.1, 0.15) is 5.82 Å². The summed E-state index contributed by atoms with van der Waals surface area (Å²) in [5, 5.41) is 16.4. The Morgan fingerprint density at radius 1 is 1.44 bits per heavy atom. The predicted molar refractivity (Wildman–Crippen MR) is 62.2 cm³/mol. The molecule has 0 saturated carbocycles. The molecule has 2 rings (SSSR count). The highest BCUT2D eigenvalue weighted by atomic mass is 19.1. The zero-order chi connectivity index (χ0) is 12.8. The second-order valence-electron chi connectivity index (χ2n) is 3.86. The van der Waals surface area contributed by atoms with E-state index in [9.17, 15) is 9.50 Å². The fraction of sp³-hybridized carbons (Fsp3) is 0.333. The summed E-state index contributed by atoms with van der Waals surface area (Å²) in [7, 11) is 0. The molecule has 2 aromatic rings. The van der Waals surface area contributed by atoms with Gasteiger partial charge in [-0.05, 0) is 17.7 Å². The average molecular weight is 251 g/mol. The summed E-state index contributed by atoms with van der Waals surface area (Å²) < 4.78 is 17.8. The fourth-order valence-electron chi connectivity index (χ4n) is 1.57. The van der Waals surface area contributed by atoms with Crippen LogP contribution in [0.4, 0.5) is 4.39 Å². The van der Waals surface area contributed by atoms with E-state index in [0.29, 0.717) is 31.0 Å². The van der Waals surface area contributed by atoms with Crippen LogP contribution in [-0.2, 0) is 6.42 Å². The molecule has 1 aromatic carbocycles. The first-order chi connectivity index (χ1) is 8.75. The number of hydrogen-bond acceptors (Lipinski definition) is 5. The van der Waals surface area contributed by atoms with Crippen LogP contribution in [0.15, 0.2) is 35.1 Å². The molecule has 0 spiro atoms. The Balaban J connectivity index is 1.73. The molecule has 1 heterocycles. The van der Waals surface area contributed by atoms with E-state index < -0.39 is 6.10 Å². The first-order valence-electron chi connectivity index (χ1n) is 5.65. The molecule has 6 heteroatoms. The topological polar surface area (TPSA) is 71.2 Å². The number of hydrogen-bond donors (Lipinski definition) is 2. The Morgan fingerprint density at radius 3 is 3.06 bits per heavy atom. The van der Waals surface area contributed by atoms with E-state index in [1.54, 1.807) is 12.1 Å². The summed E-state index contributed by atoms with van der Waals surface area (Å²) in [6.07, 6.45) is 1.20. The van der Waals surface area contributed by atoms with Gasteiger partial charge in [0.05, 0.1) is 6.10 Å². The molecule has 1 atom stereocenters. The maximum atomic E-state index is 12.9. The van der Waals surface area contributed by atoms with E-state index in [4.69, 9.17) is 4.52 Å². The second-order valence-corrected chi connectivity index (χ2v) is 3.86. The molecular weight excluding hydrogens is 237 g/mol. The molecule has 5 nitrogen and oxygen atoms in total. The van der Waals surface area contributed by atoms with Gasteiger partial charge in [-0.3, -0.25) is 0 Å². The lowest BCUT2D eigenvalue weighted by Crippen LogP contribution is -2.23. The summed E-state index contributed by atoms with van der Waals surface area (Å²) in [6, 6.07) is 5.93. The Kier molecular flexibility index (Phi) is 4.38. The van der Waals surface area contributed by atoms with Crippen LogP contribution in [-0.4, -0.2) is 28.3 Å². The Hall–Kier alpha value is -1.79. The van der Waals surface area contributed by atoms with Crippen molar-refractivity contribution in [1.82, 2.24) is 15.5 Å². The van der Waals surface area contributed by atoms with Crippen LogP contribution in [0.25, 0.3) is 0 Å². The Bertz CT molecular complexity index is 476. The third kappa shape index (κ3) is 3.61. The molecule has 0 aliphatic heterocycles. The molecule has 0 bridgehead atoms. The summed E-state index contributed by atoms with van der Waals surface area (Å²) in [4.78, 5) is 3.87. The van der Waals surface area contributed by atoms with Crippen LogP contribution in [0, 0.1) is 5.82 Å². The van der Waals surface area contributed by atoms with Crippen LogP contribution in [0.3, 0.4) is 0 Å².